The van der Waals surface area contributed by atoms with E-state index in [1.54, 1.807) is 12.3 Å². The summed E-state index contributed by atoms with van der Waals surface area (Å²) in [6.45, 7) is 1.49. The number of hydrogen-bond donors (Lipinski definition) is 2. The van der Waals surface area contributed by atoms with Gasteiger partial charge in [-0.1, -0.05) is 0 Å². The third-order valence-corrected chi connectivity index (χ3v) is 3.94. The molecule has 3 N–H and O–H groups in total. The zero-order chi connectivity index (χ0) is 13.8. The van der Waals surface area contributed by atoms with Gasteiger partial charge < -0.3 is 15.6 Å². The maximum Gasteiger partial charge on any atom is 0.270 e. The first-order chi connectivity index (χ1) is 9.06. The lowest BCUT2D eigenvalue weighted by Gasteiger charge is -2.32. The predicted molar refractivity (Wildman–Crippen MR) is 75.5 cm³/mol. The molecule has 1 aromatic heterocycles. The maximum absolute atomic E-state index is 12.3. The summed E-state index contributed by atoms with van der Waals surface area (Å²) in [5.41, 5.74) is 5.77. The Labute approximate surface area is 120 Å². The van der Waals surface area contributed by atoms with E-state index in [-0.39, 0.29) is 11.8 Å². The first-order valence-corrected chi connectivity index (χ1v) is 7.27. The van der Waals surface area contributed by atoms with Crippen molar-refractivity contribution in [1.29, 1.82) is 0 Å². The second kappa shape index (κ2) is 6.23. The lowest BCUT2D eigenvalue weighted by Crippen LogP contribution is -2.40. The lowest BCUT2D eigenvalue weighted by atomic mass is 9.93. The Hall–Kier alpha value is -1.30. The Bertz CT molecular complexity index is 472. The van der Waals surface area contributed by atoms with Gasteiger partial charge in [-0.3, -0.25) is 9.59 Å². The van der Waals surface area contributed by atoms with Crippen molar-refractivity contribution in [1.82, 2.24) is 9.88 Å². The van der Waals surface area contributed by atoms with E-state index in [2.05, 4.69) is 20.9 Å². The minimum Gasteiger partial charge on any atom is -0.370 e. The van der Waals surface area contributed by atoms with E-state index in [9.17, 15) is 9.59 Å². The number of primary amides is 1. The van der Waals surface area contributed by atoms with Crippen molar-refractivity contribution in [2.75, 3.05) is 13.1 Å². The summed E-state index contributed by atoms with van der Waals surface area (Å²) in [6, 6.07) is 1.79. The molecule has 0 aromatic carbocycles. The quantitative estimate of drug-likeness (QED) is 0.885. The number of hydrogen-bond acceptors (Lipinski definition) is 2. The number of nitrogens with zero attached hydrogens (tertiary/aromatic N) is 1. The summed E-state index contributed by atoms with van der Waals surface area (Å²) in [5.74, 6) is 0.134. The van der Waals surface area contributed by atoms with E-state index in [1.165, 1.54) is 0 Å². The van der Waals surface area contributed by atoms with Gasteiger partial charge in [0.2, 0.25) is 5.91 Å². The van der Waals surface area contributed by atoms with Crippen molar-refractivity contribution in [3.8, 4) is 0 Å². The van der Waals surface area contributed by atoms with Crippen LogP contribution in [0.2, 0.25) is 0 Å². The minimum absolute atomic E-state index is 0.0227. The van der Waals surface area contributed by atoms with Gasteiger partial charge in [0.15, 0.2) is 0 Å². The van der Waals surface area contributed by atoms with Crippen LogP contribution in [0.15, 0.2) is 16.7 Å². The zero-order valence-corrected chi connectivity index (χ0v) is 12.3. The van der Waals surface area contributed by atoms with E-state index in [0.29, 0.717) is 24.6 Å². The van der Waals surface area contributed by atoms with Crippen LogP contribution < -0.4 is 5.73 Å². The average Bonchev–Trinajstić information content (AvgIpc) is 2.82. The Balaban J connectivity index is 1.93. The molecule has 0 saturated carbocycles. The molecule has 1 fully saturated rings. The van der Waals surface area contributed by atoms with E-state index < -0.39 is 0 Å². The highest BCUT2D eigenvalue weighted by atomic mass is 79.9. The molecule has 1 aliphatic rings. The van der Waals surface area contributed by atoms with Crippen molar-refractivity contribution >= 4 is 27.7 Å². The van der Waals surface area contributed by atoms with Gasteiger partial charge in [-0.05, 0) is 47.2 Å². The third-order valence-electron chi connectivity index (χ3n) is 3.48. The number of H-pyrrole nitrogens is 1. The van der Waals surface area contributed by atoms with Crippen LogP contribution in [0, 0.1) is 5.92 Å². The molecular weight excluding hydrogens is 310 g/mol. The maximum atomic E-state index is 12.3. The Morgan fingerprint density at radius 3 is 2.95 bits per heavy atom. The highest BCUT2D eigenvalue weighted by molar-refractivity contribution is 9.10. The fourth-order valence-electron chi connectivity index (χ4n) is 2.49. The largest absolute Gasteiger partial charge is 0.370 e. The van der Waals surface area contributed by atoms with E-state index >= 15 is 0 Å². The number of carbonyl (C=O) groups excluding carboxylic acids is 2. The Morgan fingerprint density at radius 2 is 2.32 bits per heavy atom. The van der Waals surface area contributed by atoms with Crippen LogP contribution >= 0.6 is 15.9 Å². The molecule has 5 nitrogen and oxygen atoms in total. The summed E-state index contributed by atoms with van der Waals surface area (Å²) in [6.07, 6.45) is 4.97. The molecule has 1 aliphatic heterocycles. The Morgan fingerprint density at radius 1 is 1.53 bits per heavy atom. The summed E-state index contributed by atoms with van der Waals surface area (Å²) >= 11 is 3.32. The van der Waals surface area contributed by atoms with Crippen LogP contribution in [-0.4, -0.2) is 34.8 Å². The van der Waals surface area contributed by atoms with Gasteiger partial charge in [0.25, 0.3) is 5.91 Å². The topological polar surface area (TPSA) is 79.2 Å². The smallest absolute Gasteiger partial charge is 0.270 e. The molecule has 0 radical (unpaired) electrons. The number of halogens is 1. The lowest BCUT2D eigenvalue weighted by molar-refractivity contribution is -0.118. The van der Waals surface area contributed by atoms with Gasteiger partial charge in [0, 0.05) is 30.2 Å². The molecule has 1 saturated heterocycles. The standard InChI is InChI=1S/C13H18BrN3O2/c14-10-6-11(16-7-10)13(19)17-5-1-2-9(8-17)3-4-12(15)18/h6-7,9,16H,1-5,8H2,(H2,15,18)/t9-/m0/s1. The summed E-state index contributed by atoms with van der Waals surface area (Å²) in [7, 11) is 0. The van der Waals surface area contributed by atoms with Crippen LogP contribution in [0.4, 0.5) is 0 Å². The van der Waals surface area contributed by atoms with Crippen LogP contribution in [-0.2, 0) is 4.79 Å². The van der Waals surface area contributed by atoms with Crippen molar-refractivity contribution in [2.24, 2.45) is 11.7 Å². The molecule has 0 unspecified atom stereocenters. The molecule has 0 spiro atoms. The molecule has 2 rings (SSSR count). The van der Waals surface area contributed by atoms with Gasteiger partial charge in [-0.2, -0.15) is 0 Å². The number of aromatic amines is 1. The number of piperidine rings is 1. The number of likely N-dealkylation sites (tertiary alicyclic amines) is 1. The fourth-order valence-corrected chi connectivity index (χ4v) is 2.84. The minimum atomic E-state index is -0.267. The second-order valence-corrected chi connectivity index (χ2v) is 5.91. The molecule has 104 valence electrons. The number of rotatable bonds is 4. The van der Waals surface area contributed by atoms with Gasteiger partial charge >= 0.3 is 0 Å². The number of amides is 2. The summed E-state index contributed by atoms with van der Waals surface area (Å²) < 4.78 is 0.873. The summed E-state index contributed by atoms with van der Waals surface area (Å²) in [5, 5.41) is 0. The molecule has 19 heavy (non-hydrogen) atoms. The highest BCUT2D eigenvalue weighted by Crippen LogP contribution is 2.22. The number of aromatic nitrogens is 1. The van der Waals surface area contributed by atoms with Crippen molar-refractivity contribution in [3.05, 3.63) is 22.4 Å². The molecule has 1 aromatic rings. The molecule has 6 heteroatoms. The molecule has 2 amide bonds. The molecule has 0 aliphatic carbocycles. The van der Waals surface area contributed by atoms with Gasteiger partial charge in [0.1, 0.15) is 5.69 Å². The van der Waals surface area contributed by atoms with Gasteiger partial charge in [-0.25, -0.2) is 0 Å². The zero-order valence-electron chi connectivity index (χ0n) is 10.7. The van der Waals surface area contributed by atoms with E-state index in [0.717, 1.165) is 30.3 Å². The van der Waals surface area contributed by atoms with E-state index in [4.69, 9.17) is 5.73 Å². The average molecular weight is 328 g/mol. The predicted octanol–water partition coefficient (Wildman–Crippen LogP) is 1.89. The number of carbonyl (C=O) groups is 2. The molecule has 2 heterocycles. The van der Waals surface area contributed by atoms with Crippen molar-refractivity contribution in [2.45, 2.75) is 25.7 Å². The second-order valence-electron chi connectivity index (χ2n) is 5.00. The molecular formula is C13H18BrN3O2. The third kappa shape index (κ3) is 3.83. The molecule has 0 bridgehead atoms. The highest BCUT2D eigenvalue weighted by Gasteiger charge is 2.25. The van der Waals surface area contributed by atoms with Crippen LogP contribution in [0.1, 0.15) is 36.2 Å². The van der Waals surface area contributed by atoms with E-state index in [1.807, 2.05) is 4.90 Å². The SMILES string of the molecule is NC(=O)CC[C@@H]1CCCN(C(=O)c2cc(Br)c[nH]2)C1. The monoisotopic (exact) mass is 327 g/mol. The first kappa shape index (κ1) is 14.1. The van der Waals surface area contributed by atoms with Crippen molar-refractivity contribution < 1.29 is 9.59 Å². The van der Waals surface area contributed by atoms with Gasteiger partial charge in [0.05, 0.1) is 0 Å². The van der Waals surface area contributed by atoms with Crippen LogP contribution in [0.3, 0.4) is 0 Å². The summed E-state index contributed by atoms with van der Waals surface area (Å²) in [4.78, 5) is 27.9. The number of nitrogens with two attached hydrogens (primary N) is 1. The first-order valence-electron chi connectivity index (χ1n) is 6.47. The fraction of sp³-hybridized carbons (Fsp3) is 0.538. The number of nitrogens with one attached hydrogen (secondary N) is 1. The van der Waals surface area contributed by atoms with Crippen LogP contribution in [0.5, 0.6) is 0 Å². The Kier molecular flexibility index (Phi) is 4.63. The molecule has 1 atom stereocenters. The van der Waals surface area contributed by atoms with Crippen LogP contribution in [0.25, 0.3) is 0 Å². The van der Waals surface area contributed by atoms with Gasteiger partial charge in [-0.15, -0.1) is 0 Å². The normalized spacial score (nSPS) is 19.4. The van der Waals surface area contributed by atoms with Crippen molar-refractivity contribution in [3.63, 3.8) is 0 Å².